The highest BCUT2D eigenvalue weighted by atomic mass is 32.2. The first-order valence-electron chi connectivity index (χ1n) is 8.86. The third kappa shape index (κ3) is 5.02. The number of carbonyl (C=O) groups excluding carboxylic acids is 1. The van der Waals surface area contributed by atoms with E-state index >= 15 is 0 Å². The van der Waals surface area contributed by atoms with Crippen LogP contribution in [-0.4, -0.2) is 46.4 Å². The molecule has 1 atom stereocenters. The van der Waals surface area contributed by atoms with E-state index in [0.717, 1.165) is 9.87 Å². The molecule has 0 saturated carbocycles. The van der Waals surface area contributed by atoms with E-state index in [0.29, 0.717) is 17.9 Å². The minimum atomic E-state index is -3.86. The molecule has 0 bridgehead atoms. The Morgan fingerprint density at radius 3 is 2.29 bits per heavy atom. The van der Waals surface area contributed by atoms with Gasteiger partial charge in [0.15, 0.2) is 11.5 Å². The van der Waals surface area contributed by atoms with Crippen LogP contribution >= 0.6 is 0 Å². The molecule has 2 aromatic rings. The van der Waals surface area contributed by atoms with E-state index in [1.165, 1.54) is 39.5 Å². The lowest BCUT2D eigenvalue weighted by Gasteiger charge is -2.21. The number of nitrogens with one attached hydrogen (secondary N) is 1. The first-order valence-corrected chi connectivity index (χ1v) is 10.3. The fraction of sp³-hybridized carbons (Fsp3) is 0.350. The van der Waals surface area contributed by atoms with E-state index in [1.54, 1.807) is 0 Å². The summed E-state index contributed by atoms with van der Waals surface area (Å²) < 4.78 is 36.9. The molecule has 0 aliphatic carbocycles. The number of amides is 1. The summed E-state index contributed by atoms with van der Waals surface area (Å²) >= 11 is 0. The Kier molecular flexibility index (Phi) is 7.42. The van der Waals surface area contributed by atoms with Crippen LogP contribution in [0.1, 0.15) is 24.9 Å². The lowest BCUT2D eigenvalue weighted by Crippen LogP contribution is -2.39. The zero-order valence-electron chi connectivity index (χ0n) is 16.5. The van der Waals surface area contributed by atoms with Gasteiger partial charge in [0.25, 0.3) is 0 Å². The van der Waals surface area contributed by atoms with Gasteiger partial charge in [-0.15, -0.1) is 0 Å². The summed E-state index contributed by atoms with van der Waals surface area (Å²) in [5, 5.41) is 2.89. The highest BCUT2D eigenvalue weighted by Crippen LogP contribution is 2.30. The van der Waals surface area contributed by atoms with Crippen molar-refractivity contribution in [3.05, 3.63) is 54.1 Å². The maximum Gasteiger partial charge on any atom is 0.243 e. The van der Waals surface area contributed by atoms with Crippen molar-refractivity contribution in [3.63, 3.8) is 0 Å². The molecule has 1 amide bonds. The monoisotopic (exact) mass is 406 g/mol. The van der Waals surface area contributed by atoms with Crippen molar-refractivity contribution in [2.45, 2.75) is 24.3 Å². The summed E-state index contributed by atoms with van der Waals surface area (Å²) in [7, 11) is 0.410. The Balaban J connectivity index is 2.12. The normalized spacial score (nSPS) is 12.5. The van der Waals surface area contributed by atoms with Gasteiger partial charge in [-0.05, 0) is 24.1 Å². The first-order chi connectivity index (χ1) is 13.3. The molecule has 7 nitrogen and oxygen atoms in total. The van der Waals surface area contributed by atoms with Gasteiger partial charge < -0.3 is 14.8 Å². The van der Waals surface area contributed by atoms with Crippen molar-refractivity contribution in [2.24, 2.45) is 0 Å². The fourth-order valence-electron chi connectivity index (χ4n) is 2.79. The van der Waals surface area contributed by atoms with E-state index in [2.05, 4.69) is 5.32 Å². The van der Waals surface area contributed by atoms with Gasteiger partial charge in [0.2, 0.25) is 15.9 Å². The highest BCUT2D eigenvalue weighted by Gasteiger charge is 2.25. The van der Waals surface area contributed by atoms with Crippen molar-refractivity contribution in [2.75, 3.05) is 27.8 Å². The van der Waals surface area contributed by atoms with Gasteiger partial charge in [0.1, 0.15) is 0 Å². The summed E-state index contributed by atoms with van der Waals surface area (Å²) in [4.78, 5) is 12.5. The van der Waals surface area contributed by atoms with Gasteiger partial charge in [-0.25, -0.2) is 8.42 Å². The number of sulfonamides is 1. The number of likely N-dealkylation sites (N-methyl/N-ethyl adjacent to an activating group) is 1. The fourth-order valence-corrected chi connectivity index (χ4v) is 3.93. The predicted molar refractivity (Wildman–Crippen MR) is 107 cm³/mol. The second-order valence-electron chi connectivity index (χ2n) is 6.22. The van der Waals surface area contributed by atoms with E-state index in [9.17, 15) is 13.2 Å². The maximum atomic E-state index is 12.8. The second-order valence-corrected chi connectivity index (χ2v) is 8.26. The number of methoxy groups -OCH3 is 2. The number of rotatable bonds is 9. The van der Waals surface area contributed by atoms with Crippen molar-refractivity contribution in [1.29, 1.82) is 0 Å². The first kappa shape index (κ1) is 21.7. The molecule has 0 saturated heterocycles. The van der Waals surface area contributed by atoms with Crippen LogP contribution < -0.4 is 14.8 Å². The summed E-state index contributed by atoms with van der Waals surface area (Å²) in [6, 6.07) is 13.7. The van der Waals surface area contributed by atoms with Gasteiger partial charge in [0.05, 0.1) is 31.7 Å². The van der Waals surface area contributed by atoms with Crippen LogP contribution in [0.3, 0.4) is 0 Å². The van der Waals surface area contributed by atoms with Crippen molar-refractivity contribution >= 4 is 15.9 Å². The molecule has 28 heavy (non-hydrogen) atoms. The molecular formula is C20H26N2O5S. The van der Waals surface area contributed by atoms with Gasteiger partial charge in [-0.3, -0.25) is 4.79 Å². The Morgan fingerprint density at radius 1 is 1.07 bits per heavy atom. The van der Waals surface area contributed by atoms with Crippen molar-refractivity contribution < 1.29 is 22.7 Å². The number of nitrogens with zero attached hydrogens (tertiary/aromatic N) is 1. The maximum absolute atomic E-state index is 12.8. The van der Waals surface area contributed by atoms with Crippen molar-refractivity contribution in [3.8, 4) is 11.5 Å². The molecule has 2 rings (SSSR count). The number of ether oxygens (including phenoxy) is 2. The van der Waals surface area contributed by atoms with Crippen LogP contribution in [0, 0.1) is 0 Å². The molecular weight excluding hydrogens is 380 g/mol. The van der Waals surface area contributed by atoms with E-state index in [-0.39, 0.29) is 23.4 Å². The van der Waals surface area contributed by atoms with E-state index < -0.39 is 10.0 Å². The van der Waals surface area contributed by atoms with E-state index in [1.807, 2.05) is 37.3 Å². The predicted octanol–water partition coefficient (Wildman–Crippen LogP) is 2.59. The lowest BCUT2D eigenvalue weighted by atomic mass is 10.0. The van der Waals surface area contributed by atoms with Crippen LogP contribution in [0.4, 0.5) is 0 Å². The van der Waals surface area contributed by atoms with Crippen LogP contribution in [0.15, 0.2) is 53.4 Å². The van der Waals surface area contributed by atoms with Crippen LogP contribution in [0.25, 0.3) is 0 Å². The quantitative estimate of drug-likeness (QED) is 0.692. The number of carbonyl (C=O) groups is 1. The van der Waals surface area contributed by atoms with Gasteiger partial charge in [0, 0.05) is 13.1 Å². The molecule has 0 fully saturated rings. The number of benzene rings is 2. The standard InChI is InChI=1S/C20H26N2O5S/c1-5-17(15-9-7-6-8-10-15)21-20(23)14-22(2)28(24,25)16-11-12-18(26-3)19(13-16)27-4/h6-13,17H,5,14H2,1-4H3,(H,21,23)/t17-/m0/s1. The minimum Gasteiger partial charge on any atom is -0.493 e. The number of hydrogen-bond donors (Lipinski definition) is 1. The smallest absolute Gasteiger partial charge is 0.243 e. The Labute approximate surface area is 166 Å². The molecule has 0 aromatic heterocycles. The molecule has 1 N–H and O–H groups in total. The van der Waals surface area contributed by atoms with Gasteiger partial charge >= 0.3 is 0 Å². The zero-order valence-corrected chi connectivity index (χ0v) is 17.3. The summed E-state index contributed by atoms with van der Waals surface area (Å²) in [5.74, 6) is 0.356. The molecule has 2 aromatic carbocycles. The van der Waals surface area contributed by atoms with E-state index in [4.69, 9.17) is 9.47 Å². The second kappa shape index (κ2) is 9.57. The SMILES string of the molecule is CC[C@H](NC(=O)CN(C)S(=O)(=O)c1ccc(OC)c(OC)c1)c1ccccc1. The average Bonchev–Trinajstić information content (AvgIpc) is 2.71. The van der Waals surface area contributed by atoms with Crippen LogP contribution in [0.5, 0.6) is 11.5 Å². The molecule has 0 aliphatic heterocycles. The topological polar surface area (TPSA) is 84.9 Å². The third-order valence-corrected chi connectivity index (χ3v) is 6.17. The Bertz CT molecular complexity index is 900. The Morgan fingerprint density at radius 2 is 1.71 bits per heavy atom. The summed E-state index contributed by atoms with van der Waals surface area (Å²) in [6.45, 7) is 1.67. The van der Waals surface area contributed by atoms with Crippen molar-refractivity contribution in [1.82, 2.24) is 9.62 Å². The molecule has 0 aliphatic rings. The molecule has 0 heterocycles. The zero-order chi connectivity index (χ0) is 20.7. The highest BCUT2D eigenvalue weighted by molar-refractivity contribution is 7.89. The molecule has 0 radical (unpaired) electrons. The Hall–Kier alpha value is -2.58. The number of hydrogen-bond acceptors (Lipinski definition) is 5. The van der Waals surface area contributed by atoms with Crippen LogP contribution in [-0.2, 0) is 14.8 Å². The van der Waals surface area contributed by atoms with Crippen LogP contribution in [0.2, 0.25) is 0 Å². The molecule has 8 heteroatoms. The lowest BCUT2D eigenvalue weighted by molar-refractivity contribution is -0.121. The third-order valence-electron chi connectivity index (χ3n) is 4.37. The van der Waals surface area contributed by atoms with Gasteiger partial charge in [-0.1, -0.05) is 37.3 Å². The molecule has 0 unspecified atom stereocenters. The largest absolute Gasteiger partial charge is 0.493 e. The minimum absolute atomic E-state index is 0.0237. The molecule has 0 spiro atoms. The summed E-state index contributed by atoms with van der Waals surface area (Å²) in [6.07, 6.45) is 0.696. The summed E-state index contributed by atoms with van der Waals surface area (Å²) in [5.41, 5.74) is 0.976. The molecule has 152 valence electrons. The van der Waals surface area contributed by atoms with Gasteiger partial charge in [-0.2, -0.15) is 4.31 Å². The average molecular weight is 407 g/mol.